The van der Waals surface area contributed by atoms with Crippen molar-refractivity contribution in [3.8, 4) is 11.5 Å². The summed E-state index contributed by atoms with van der Waals surface area (Å²) in [6.45, 7) is 6.69. The first-order valence-electron chi connectivity index (χ1n) is 9.64. The zero-order valence-electron chi connectivity index (χ0n) is 18.0. The van der Waals surface area contributed by atoms with Crippen LogP contribution in [0.3, 0.4) is 0 Å². The van der Waals surface area contributed by atoms with E-state index in [4.69, 9.17) is 14.2 Å². The minimum Gasteiger partial charge on any atom is -0.494 e. The van der Waals surface area contributed by atoms with Gasteiger partial charge in [0.15, 0.2) is 17.5 Å². The summed E-state index contributed by atoms with van der Waals surface area (Å²) in [6.07, 6.45) is 0. The lowest BCUT2D eigenvalue weighted by atomic mass is 10.1. The summed E-state index contributed by atoms with van der Waals surface area (Å²) in [5.74, 6) is 1.28. The Bertz CT molecular complexity index is 818. The van der Waals surface area contributed by atoms with E-state index in [9.17, 15) is 4.39 Å². The Morgan fingerprint density at radius 3 is 2.47 bits per heavy atom. The van der Waals surface area contributed by atoms with Gasteiger partial charge < -0.3 is 24.8 Å². The number of methoxy groups -OCH3 is 1. The maximum atomic E-state index is 13.8. The van der Waals surface area contributed by atoms with Crippen molar-refractivity contribution in [3.05, 3.63) is 58.9 Å². The van der Waals surface area contributed by atoms with Gasteiger partial charge in [0.1, 0.15) is 12.4 Å². The summed E-state index contributed by atoms with van der Waals surface area (Å²) in [5, 5.41) is 6.45. The number of guanidine groups is 1. The van der Waals surface area contributed by atoms with E-state index in [2.05, 4.69) is 15.6 Å². The highest BCUT2D eigenvalue weighted by molar-refractivity contribution is 14.0. The molecule has 0 saturated carbocycles. The predicted octanol–water partition coefficient (Wildman–Crippen LogP) is 4.04. The molecule has 0 bridgehead atoms. The first kappa shape index (κ1) is 26.0. The zero-order valence-corrected chi connectivity index (χ0v) is 20.3. The van der Waals surface area contributed by atoms with Crippen molar-refractivity contribution in [2.75, 3.05) is 34.0 Å². The highest BCUT2D eigenvalue weighted by atomic mass is 127. The molecular weight excluding hydrogens is 500 g/mol. The molecule has 2 aromatic rings. The van der Waals surface area contributed by atoms with E-state index in [0.717, 1.165) is 22.4 Å². The number of aryl methyl sites for hydroxylation is 1. The molecule has 166 valence electrons. The normalized spacial score (nSPS) is 10.9. The average Bonchev–Trinajstić information content (AvgIpc) is 2.72. The van der Waals surface area contributed by atoms with E-state index < -0.39 is 0 Å². The standard InChI is InChI=1S/C22H30FN3O3.HI/c1-5-28-10-11-29-21-12-16(2)6-8-18(21)15-26-22(24-3)25-14-17-7-9-20(27-4)19(23)13-17;/h6-9,12-13H,5,10-11,14-15H2,1-4H3,(H2,24,25,26);1H. The molecule has 0 aliphatic rings. The van der Waals surface area contributed by atoms with Gasteiger partial charge in [-0.2, -0.15) is 0 Å². The first-order chi connectivity index (χ1) is 14.1. The Labute approximate surface area is 195 Å². The summed E-state index contributed by atoms with van der Waals surface area (Å²) in [6, 6.07) is 11.0. The van der Waals surface area contributed by atoms with Gasteiger partial charge in [-0.15, -0.1) is 24.0 Å². The molecule has 0 unspecified atom stereocenters. The maximum Gasteiger partial charge on any atom is 0.191 e. The summed E-state index contributed by atoms with van der Waals surface area (Å²) < 4.78 is 30.0. The van der Waals surface area contributed by atoms with Crippen molar-refractivity contribution in [1.82, 2.24) is 10.6 Å². The topological polar surface area (TPSA) is 64.1 Å². The van der Waals surface area contributed by atoms with Gasteiger partial charge in [0.25, 0.3) is 0 Å². The lowest BCUT2D eigenvalue weighted by Gasteiger charge is -2.16. The Kier molecular flexibility index (Phi) is 12.1. The number of ether oxygens (including phenoxy) is 3. The molecule has 0 radical (unpaired) electrons. The number of nitrogens with zero attached hydrogens (tertiary/aromatic N) is 1. The molecule has 0 atom stereocenters. The highest BCUT2D eigenvalue weighted by Gasteiger charge is 2.07. The minimum atomic E-state index is -0.386. The third kappa shape index (κ3) is 8.35. The van der Waals surface area contributed by atoms with Gasteiger partial charge in [-0.05, 0) is 43.2 Å². The van der Waals surface area contributed by atoms with Crippen LogP contribution in [0.1, 0.15) is 23.6 Å². The molecule has 0 saturated heterocycles. The molecule has 2 rings (SSSR count). The fraction of sp³-hybridized carbons (Fsp3) is 0.409. The molecule has 0 aliphatic heterocycles. The van der Waals surface area contributed by atoms with Gasteiger partial charge in [0.2, 0.25) is 0 Å². The van der Waals surface area contributed by atoms with Crippen LogP contribution in [0.5, 0.6) is 11.5 Å². The van der Waals surface area contributed by atoms with Crippen LogP contribution < -0.4 is 20.1 Å². The monoisotopic (exact) mass is 531 g/mol. The number of rotatable bonds is 10. The molecule has 0 spiro atoms. The predicted molar refractivity (Wildman–Crippen MR) is 129 cm³/mol. The Hall–Kier alpha value is -2.07. The van der Waals surface area contributed by atoms with Gasteiger partial charge in [-0.25, -0.2) is 4.39 Å². The van der Waals surface area contributed by atoms with Gasteiger partial charge in [0, 0.05) is 32.3 Å². The van der Waals surface area contributed by atoms with Crippen molar-refractivity contribution in [2.45, 2.75) is 26.9 Å². The van der Waals surface area contributed by atoms with Crippen LogP contribution in [-0.2, 0) is 17.8 Å². The Balaban J connectivity index is 0.00000450. The number of hydrogen-bond acceptors (Lipinski definition) is 4. The van der Waals surface area contributed by atoms with E-state index in [0.29, 0.717) is 38.9 Å². The third-order valence-corrected chi connectivity index (χ3v) is 4.26. The molecule has 30 heavy (non-hydrogen) atoms. The molecule has 0 fully saturated rings. The second-order valence-corrected chi connectivity index (χ2v) is 6.40. The summed E-state index contributed by atoms with van der Waals surface area (Å²) in [5.41, 5.74) is 2.94. The molecule has 0 aromatic heterocycles. The number of aliphatic imine (C=N–C) groups is 1. The van der Waals surface area contributed by atoms with Crippen molar-refractivity contribution in [1.29, 1.82) is 0 Å². The second-order valence-electron chi connectivity index (χ2n) is 6.40. The highest BCUT2D eigenvalue weighted by Crippen LogP contribution is 2.20. The second kappa shape index (κ2) is 14.0. The van der Waals surface area contributed by atoms with E-state index in [-0.39, 0.29) is 35.5 Å². The molecule has 2 N–H and O–H groups in total. The Morgan fingerprint density at radius 2 is 1.80 bits per heavy atom. The quantitative estimate of drug-likeness (QED) is 0.210. The SMILES string of the molecule is CCOCCOc1cc(C)ccc1CNC(=NC)NCc1ccc(OC)c(F)c1.I. The van der Waals surface area contributed by atoms with Crippen LogP contribution in [-0.4, -0.2) is 39.9 Å². The van der Waals surface area contributed by atoms with Crippen molar-refractivity contribution in [3.63, 3.8) is 0 Å². The van der Waals surface area contributed by atoms with E-state index in [1.165, 1.54) is 13.2 Å². The third-order valence-electron chi connectivity index (χ3n) is 4.26. The fourth-order valence-electron chi connectivity index (χ4n) is 2.70. The lowest BCUT2D eigenvalue weighted by molar-refractivity contribution is 0.110. The van der Waals surface area contributed by atoms with E-state index in [1.807, 2.05) is 38.1 Å². The van der Waals surface area contributed by atoms with Crippen LogP contribution >= 0.6 is 24.0 Å². The van der Waals surface area contributed by atoms with Crippen LogP contribution in [0.2, 0.25) is 0 Å². The number of nitrogens with one attached hydrogen (secondary N) is 2. The minimum absolute atomic E-state index is 0. The summed E-state index contributed by atoms with van der Waals surface area (Å²) >= 11 is 0. The largest absolute Gasteiger partial charge is 0.494 e. The lowest BCUT2D eigenvalue weighted by Crippen LogP contribution is -2.36. The Morgan fingerprint density at radius 1 is 1.03 bits per heavy atom. The van der Waals surface area contributed by atoms with Crippen molar-refractivity contribution < 1.29 is 18.6 Å². The molecule has 2 aromatic carbocycles. The maximum absolute atomic E-state index is 13.8. The van der Waals surface area contributed by atoms with Crippen LogP contribution in [0.25, 0.3) is 0 Å². The van der Waals surface area contributed by atoms with Crippen LogP contribution in [0.4, 0.5) is 4.39 Å². The number of benzene rings is 2. The van der Waals surface area contributed by atoms with Gasteiger partial charge in [-0.1, -0.05) is 18.2 Å². The average molecular weight is 531 g/mol. The van der Waals surface area contributed by atoms with Gasteiger partial charge in [0.05, 0.1) is 13.7 Å². The summed E-state index contributed by atoms with van der Waals surface area (Å²) in [7, 11) is 3.14. The van der Waals surface area contributed by atoms with Crippen molar-refractivity contribution >= 4 is 29.9 Å². The first-order valence-corrected chi connectivity index (χ1v) is 9.64. The molecule has 0 heterocycles. The summed E-state index contributed by atoms with van der Waals surface area (Å²) in [4.78, 5) is 4.22. The van der Waals surface area contributed by atoms with Gasteiger partial charge in [-0.3, -0.25) is 4.99 Å². The fourth-order valence-corrected chi connectivity index (χ4v) is 2.70. The molecule has 0 amide bonds. The smallest absolute Gasteiger partial charge is 0.191 e. The van der Waals surface area contributed by atoms with Gasteiger partial charge >= 0.3 is 0 Å². The van der Waals surface area contributed by atoms with E-state index >= 15 is 0 Å². The van der Waals surface area contributed by atoms with Crippen LogP contribution in [0, 0.1) is 12.7 Å². The molecule has 0 aliphatic carbocycles. The molecule has 6 nitrogen and oxygen atoms in total. The van der Waals surface area contributed by atoms with E-state index in [1.54, 1.807) is 13.1 Å². The zero-order chi connectivity index (χ0) is 21.1. The number of hydrogen-bond donors (Lipinski definition) is 2. The molecule has 8 heteroatoms. The van der Waals surface area contributed by atoms with Crippen molar-refractivity contribution in [2.24, 2.45) is 4.99 Å². The molecular formula is C22H31FIN3O3. The number of halogens is 2. The van der Waals surface area contributed by atoms with Crippen LogP contribution in [0.15, 0.2) is 41.4 Å².